The lowest BCUT2D eigenvalue weighted by atomic mass is 9.96. The molecule has 1 fully saturated rings. The molecule has 1 saturated heterocycles. The molecule has 5 nitrogen and oxygen atoms in total. The van der Waals surface area contributed by atoms with Gasteiger partial charge in [0.15, 0.2) is 0 Å². The minimum atomic E-state index is -0.0499. The average Bonchev–Trinajstić information content (AvgIpc) is 3.13. The molecule has 2 aromatic heterocycles. The van der Waals surface area contributed by atoms with Crippen LogP contribution in [0.3, 0.4) is 0 Å². The van der Waals surface area contributed by atoms with Crippen LogP contribution in [0.4, 0.5) is 11.5 Å². The van der Waals surface area contributed by atoms with Crippen molar-refractivity contribution in [1.29, 1.82) is 0 Å². The molecule has 7 heteroatoms. The van der Waals surface area contributed by atoms with Crippen molar-refractivity contribution in [2.75, 3.05) is 23.3 Å². The number of anilines is 2. The van der Waals surface area contributed by atoms with Crippen LogP contribution >= 0.6 is 27.3 Å². The number of aromatic nitrogens is 2. The third kappa shape index (κ3) is 3.91. The van der Waals surface area contributed by atoms with Gasteiger partial charge in [-0.2, -0.15) is 0 Å². The first-order valence-electron chi connectivity index (χ1n) is 9.60. The first-order chi connectivity index (χ1) is 13.5. The Kier molecular flexibility index (Phi) is 5.64. The monoisotopic (exact) mass is 458 g/mol. The summed E-state index contributed by atoms with van der Waals surface area (Å²) >= 11 is 5.19. The molecule has 3 heterocycles. The normalized spacial score (nSPS) is 17.1. The zero-order chi connectivity index (χ0) is 19.7. The van der Waals surface area contributed by atoms with Crippen LogP contribution in [0, 0.1) is 12.8 Å². The van der Waals surface area contributed by atoms with E-state index < -0.39 is 0 Å². The van der Waals surface area contributed by atoms with Crippen molar-refractivity contribution in [2.45, 2.75) is 33.1 Å². The van der Waals surface area contributed by atoms with Gasteiger partial charge in [0.1, 0.15) is 17.0 Å². The summed E-state index contributed by atoms with van der Waals surface area (Å²) < 4.78 is 1.02. The Morgan fingerprint density at radius 2 is 2.21 bits per heavy atom. The number of fused-ring (bicyclic) bond motifs is 1. The molecule has 0 spiro atoms. The third-order valence-corrected chi connectivity index (χ3v) is 6.93. The van der Waals surface area contributed by atoms with E-state index in [0.717, 1.165) is 57.6 Å². The van der Waals surface area contributed by atoms with Crippen LogP contribution in [0.1, 0.15) is 30.2 Å². The molecule has 28 heavy (non-hydrogen) atoms. The van der Waals surface area contributed by atoms with Gasteiger partial charge in [0, 0.05) is 28.1 Å². The summed E-state index contributed by atoms with van der Waals surface area (Å²) in [4.78, 5) is 26.5. The molecular formula is C21H23BrN4OS. The van der Waals surface area contributed by atoms with Crippen molar-refractivity contribution < 1.29 is 4.79 Å². The van der Waals surface area contributed by atoms with Gasteiger partial charge in [-0.1, -0.05) is 22.9 Å². The first-order valence-corrected chi connectivity index (χ1v) is 11.2. The highest BCUT2D eigenvalue weighted by molar-refractivity contribution is 9.10. The van der Waals surface area contributed by atoms with Crippen LogP contribution in [-0.2, 0) is 11.2 Å². The number of aryl methyl sites for hydroxylation is 2. The molecule has 0 unspecified atom stereocenters. The molecule has 1 aliphatic rings. The summed E-state index contributed by atoms with van der Waals surface area (Å²) in [5.74, 6) is 0.990. The van der Waals surface area contributed by atoms with Gasteiger partial charge in [-0.05, 0) is 56.0 Å². The Bertz CT molecular complexity index is 1020. The number of nitrogens with one attached hydrogen (secondary N) is 1. The number of benzene rings is 1. The van der Waals surface area contributed by atoms with Crippen molar-refractivity contribution in [3.8, 4) is 0 Å². The maximum absolute atomic E-state index is 12.9. The predicted molar refractivity (Wildman–Crippen MR) is 119 cm³/mol. The molecule has 1 aromatic carbocycles. The van der Waals surface area contributed by atoms with E-state index >= 15 is 0 Å². The van der Waals surface area contributed by atoms with E-state index in [1.165, 1.54) is 4.88 Å². The predicted octanol–water partition coefficient (Wildman–Crippen LogP) is 5.18. The van der Waals surface area contributed by atoms with Gasteiger partial charge in [-0.15, -0.1) is 11.3 Å². The van der Waals surface area contributed by atoms with E-state index in [2.05, 4.69) is 49.1 Å². The lowest BCUT2D eigenvalue weighted by Crippen LogP contribution is -2.41. The van der Waals surface area contributed by atoms with Gasteiger partial charge < -0.3 is 10.2 Å². The summed E-state index contributed by atoms with van der Waals surface area (Å²) in [5.41, 5.74) is 1.93. The molecule has 0 aliphatic carbocycles. The van der Waals surface area contributed by atoms with Gasteiger partial charge in [0.25, 0.3) is 0 Å². The second-order valence-corrected chi connectivity index (χ2v) is 9.25. The van der Waals surface area contributed by atoms with E-state index in [1.54, 1.807) is 17.7 Å². The van der Waals surface area contributed by atoms with Crippen molar-refractivity contribution in [3.05, 3.63) is 45.5 Å². The van der Waals surface area contributed by atoms with Gasteiger partial charge in [0.05, 0.1) is 11.3 Å². The highest BCUT2D eigenvalue weighted by Gasteiger charge is 2.28. The second-order valence-electron chi connectivity index (χ2n) is 7.22. The summed E-state index contributed by atoms with van der Waals surface area (Å²) in [6.07, 6.45) is 4.52. The fraction of sp³-hybridized carbons (Fsp3) is 0.381. The number of carbonyl (C=O) groups excluding carboxylic acids is 1. The molecule has 1 amide bonds. The fourth-order valence-corrected chi connectivity index (χ4v) is 5.11. The summed E-state index contributed by atoms with van der Waals surface area (Å²) in [5, 5.41) is 4.22. The maximum atomic E-state index is 12.9. The Morgan fingerprint density at radius 1 is 1.36 bits per heavy atom. The van der Waals surface area contributed by atoms with E-state index in [0.29, 0.717) is 6.54 Å². The Balaban J connectivity index is 1.53. The molecular weight excluding hydrogens is 436 g/mol. The second kappa shape index (κ2) is 8.17. The van der Waals surface area contributed by atoms with Crippen molar-refractivity contribution in [3.63, 3.8) is 0 Å². The van der Waals surface area contributed by atoms with Crippen molar-refractivity contribution in [1.82, 2.24) is 9.97 Å². The smallest absolute Gasteiger partial charge is 0.229 e. The Labute approximate surface area is 177 Å². The standard InChI is InChI=1S/C21H23BrN4OS/c1-3-16-10-17-19(23-12-24-21(17)28-16)26-8-4-5-14(11-26)20(27)25-18-7-6-15(22)9-13(18)2/h6-7,9-10,12,14H,3-5,8,11H2,1-2H3,(H,25,27)/t14-/m1/s1. The maximum Gasteiger partial charge on any atom is 0.229 e. The minimum Gasteiger partial charge on any atom is -0.355 e. The number of hydrogen-bond acceptors (Lipinski definition) is 5. The molecule has 1 atom stereocenters. The minimum absolute atomic E-state index is 0.0499. The van der Waals surface area contributed by atoms with E-state index in [4.69, 9.17) is 0 Å². The number of hydrogen-bond donors (Lipinski definition) is 1. The van der Waals surface area contributed by atoms with Crippen LogP contribution in [0.25, 0.3) is 10.2 Å². The van der Waals surface area contributed by atoms with Gasteiger partial charge in [-0.25, -0.2) is 9.97 Å². The Hall–Kier alpha value is -1.99. The lowest BCUT2D eigenvalue weighted by Gasteiger charge is -2.33. The molecule has 3 aromatic rings. The highest BCUT2D eigenvalue weighted by Crippen LogP contribution is 2.33. The van der Waals surface area contributed by atoms with E-state index in [-0.39, 0.29) is 11.8 Å². The topological polar surface area (TPSA) is 58.1 Å². The summed E-state index contributed by atoms with van der Waals surface area (Å²) in [7, 11) is 0. The van der Waals surface area contributed by atoms with Gasteiger partial charge in [0.2, 0.25) is 5.91 Å². The van der Waals surface area contributed by atoms with Gasteiger partial charge in [-0.3, -0.25) is 4.79 Å². The number of rotatable bonds is 4. The molecule has 1 N–H and O–H groups in total. The third-order valence-electron chi connectivity index (χ3n) is 5.25. The molecule has 4 rings (SSSR count). The number of amides is 1. The SMILES string of the molecule is CCc1cc2c(N3CCC[C@@H](C(=O)Nc4ccc(Br)cc4C)C3)ncnc2s1. The van der Waals surface area contributed by atoms with Crippen LogP contribution in [0.5, 0.6) is 0 Å². The molecule has 1 aliphatic heterocycles. The zero-order valence-electron chi connectivity index (χ0n) is 16.0. The fourth-order valence-electron chi connectivity index (χ4n) is 3.70. The van der Waals surface area contributed by atoms with E-state index in [9.17, 15) is 4.79 Å². The highest BCUT2D eigenvalue weighted by atomic mass is 79.9. The number of nitrogens with zero attached hydrogens (tertiary/aromatic N) is 3. The van der Waals surface area contributed by atoms with Crippen LogP contribution in [0.15, 0.2) is 35.1 Å². The van der Waals surface area contributed by atoms with Gasteiger partial charge >= 0.3 is 0 Å². The molecule has 0 radical (unpaired) electrons. The Morgan fingerprint density at radius 3 is 3.00 bits per heavy atom. The zero-order valence-corrected chi connectivity index (χ0v) is 18.4. The van der Waals surface area contributed by atoms with Crippen molar-refractivity contribution in [2.24, 2.45) is 5.92 Å². The number of piperidine rings is 1. The molecule has 0 saturated carbocycles. The largest absolute Gasteiger partial charge is 0.355 e. The number of halogens is 1. The summed E-state index contributed by atoms with van der Waals surface area (Å²) in [6.45, 7) is 5.77. The lowest BCUT2D eigenvalue weighted by molar-refractivity contribution is -0.120. The summed E-state index contributed by atoms with van der Waals surface area (Å²) in [6, 6.07) is 8.12. The van der Waals surface area contributed by atoms with E-state index in [1.807, 2.05) is 25.1 Å². The number of thiophene rings is 1. The first kappa shape index (κ1) is 19.3. The van der Waals surface area contributed by atoms with Crippen LogP contribution < -0.4 is 10.2 Å². The molecule has 146 valence electrons. The average molecular weight is 459 g/mol. The number of carbonyl (C=O) groups is 1. The van der Waals surface area contributed by atoms with Crippen LogP contribution in [0.2, 0.25) is 0 Å². The quantitative estimate of drug-likeness (QED) is 0.584. The molecule has 0 bridgehead atoms. The van der Waals surface area contributed by atoms with Crippen LogP contribution in [-0.4, -0.2) is 29.0 Å². The van der Waals surface area contributed by atoms with Crippen molar-refractivity contribution >= 4 is 54.9 Å².